The van der Waals surface area contributed by atoms with Crippen molar-refractivity contribution >= 4 is 15.9 Å². The zero-order valence-corrected chi connectivity index (χ0v) is 15.4. The summed E-state index contributed by atoms with van der Waals surface area (Å²) < 4.78 is 29.6. The van der Waals surface area contributed by atoms with Gasteiger partial charge in [-0.3, -0.25) is 0 Å². The van der Waals surface area contributed by atoms with E-state index in [9.17, 15) is 13.2 Å². The summed E-state index contributed by atoms with van der Waals surface area (Å²) in [6, 6.07) is 0.0316. The highest BCUT2D eigenvalue weighted by Crippen LogP contribution is 2.38. The summed E-state index contributed by atoms with van der Waals surface area (Å²) >= 11 is 0. The molecule has 138 valence electrons. The lowest BCUT2D eigenvalue weighted by Gasteiger charge is -2.44. The molecule has 6 nitrogen and oxygen atoms in total. The van der Waals surface area contributed by atoms with Crippen molar-refractivity contribution in [2.24, 2.45) is 0 Å². The minimum Gasteiger partial charge on any atom is -0.375 e. The van der Waals surface area contributed by atoms with E-state index < -0.39 is 15.1 Å². The molecule has 2 unspecified atom stereocenters. The van der Waals surface area contributed by atoms with Gasteiger partial charge in [0.05, 0.1) is 10.9 Å². The normalized spacial score (nSPS) is 31.0. The Balaban J connectivity index is 1.56. The van der Waals surface area contributed by atoms with Crippen LogP contribution in [0.15, 0.2) is 0 Å². The number of urea groups is 1. The fraction of sp³-hybridized carbons (Fsp3) is 0.941. The first-order valence-corrected chi connectivity index (χ1v) is 11.2. The minimum atomic E-state index is -3.09. The number of rotatable bonds is 2. The molecule has 3 fully saturated rings. The average Bonchev–Trinajstić information content (AvgIpc) is 2.55. The van der Waals surface area contributed by atoms with Crippen LogP contribution in [0.2, 0.25) is 0 Å². The smallest absolute Gasteiger partial charge is 0.317 e. The molecule has 1 spiro atoms. The number of hydrogen-bond acceptors (Lipinski definition) is 4. The molecule has 24 heavy (non-hydrogen) atoms. The number of carbonyl (C=O) groups is 1. The zero-order chi connectivity index (χ0) is 17.2. The third-order valence-electron chi connectivity index (χ3n) is 5.86. The second kappa shape index (κ2) is 7.20. The lowest BCUT2D eigenvalue weighted by molar-refractivity contribution is -0.108. The summed E-state index contributed by atoms with van der Waals surface area (Å²) in [6.07, 6.45) is 10.3. The Labute approximate surface area is 145 Å². The molecule has 0 aromatic carbocycles. The summed E-state index contributed by atoms with van der Waals surface area (Å²) in [5.74, 6) is 0. The SMILES string of the molecule is CS(=O)(=O)C1CCCN(C(=O)NC2CCOC3(CCCCC3)C2)C1. The molecule has 7 heteroatoms. The van der Waals surface area contributed by atoms with Gasteiger partial charge in [-0.25, -0.2) is 13.2 Å². The van der Waals surface area contributed by atoms with Crippen molar-refractivity contribution in [2.45, 2.75) is 74.7 Å². The van der Waals surface area contributed by atoms with Gasteiger partial charge in [0.25, 0.3) is 0 Å². The fourth-order valence-electron chi connectivity index (χ4n) is 4.43. The number of nitrogens with one attached hydrogen (secondary N) is 1. The van der Waals surface area contributed by atoms with Gasteiger partial charge in [-0.1, -0.05) is 19.3 Å². The van der Waals surface area contributed by atoms with Crippen LogP contribution in [-0.2, 0) is 14.6 Å². The van der Waals surface area contributed by atoms with Crippen molar-refractivity contribution in [3.63, 3.8) is 0 Å². The first-order valence-electron chi connectivity index (χ1n) is 9.26. The molecule has 0 aromatic heterocycles. The van der Waals surface area contributed by atoms with E-state index in [0.717, 1.165) is 32.1 Å². The summed E-state index contributed by atoms with van der Waals surface area (Å²) in [5.41, 5.74) is -0.0361. The van der Waals surface area contributed by atoms with Gasteiger partial charge in [-0.2, -0.15) is 0 Å². The number of hydrogen-bond donors (Lipinski definition) is 1. The number of piperidine rings is 1. The summed E-state index contributed by atoms with van der Waals surface area (Å²) in [5, 5.41) is 2.72. The van der Waals surface area contributed by atoms with Crippen molar-refractivity contribution in [3.8, 4) is 0 Å². The molecular formula is C17H30N2O4S. The second-order valence-electron chi connectivity index (χ2n) is 7.77. The third kappa shape index (κ3) is 4.23. The Hall–Kier alpha value is -0.820. The first kappa shape index (κ1) is 18.0. The summed E-state index contributed by atoms with van der Waals surface area (Å²) in [4.78, 5) is 14.3. The van der Waals surface area contributed by atoms with E-state index in [1.165, 1.54) is 25.5 Å². The molecule has 0 aromatic rings. The van der Waals surface area contributed by atoms with Crippen LogP contribution in [0.5, 0.6) is 0 Å². The number of sulfone groups is 1. The molecule has 2 heterocycles. The van der Waals surface area contributed by atoms with Crippen LogP contribution < -0.4 is 5.32 Å². The third-order valence-corrected chi connectivity index (χ3v) is 7.45. The maximum Gasteiger partial charge on any atom is 0.317 e. The lowest BCUT2D eigenvalue weighted by atomic mass is 9.78. The summed E-state index contributed by atoms with van der Waals surface area (Å²) in [6.45, 7) is 1.67. The van der Waals surface area contributed by atoms with E-state index in [-0.39, 0.29) is 17.7 Å². The Morgan fingerprint density at radius 3 is 2.62 bits per heavy atom. The fourth-order valence-corrected chi connectivity index (χ4v) is 5.48. The van der Waals surface area contributed by atoms with Gasteiger partial charge in [0.15, 0.2) is 9.84 Å². The second-order valence-corrected chi connectivity index (χ2v) is 10.1. The predicted molar refractivity (Wildman–Crippen MR) is 92.8 cm³/mol. The quantitative estimate of drug-likeness (QED) is 0.820. The molecule has 1 saturated carbocycles. The van der Waals surface area contributed by atoms with Crippen LogP contribution in [0.3, 0.4) is 0 Å². The van der Waals surface area contributed by atoms with Crippen LogP contribution in [0.1, 0.15) is 57.8 Å². The Bertz CT molecular complexity index is 551. The van der Waals surface area contributed by atoms with Crippen LogP contribution in [-0.4, -0.2) is 62.2 Å². The molecule has 1 aliphatic carbocycles. The van der Waals surface area contributed by atoms with Crippen LogP contribution in [0.25, 0.3) is 0 Å². The number of likely N-dealkylation sites (tertiary alicyclic amines) is 1. The van der Waals surface area contributed by atoms with Crippen molar-refractivity contribution in [3.05, 3.63) is 0 Å². The van der Waals surface area contributed by atoms with E-state index in [2.05, 4.69) is 5.32 Å². The monoisotopic (exact) mass is 358 g/mol. The maximum atomic E-state index is 12.6. The van der Waals surface area contributed by atoms with E-state index in [1.54, 1.807) is 4.90 Å². The van der Waals surface area contributed by atoms with Gasteiger partial charge in [0.2, 0.25) is 0 Å². The van der Waals surface area contributed by atoms with Crippen LogP contribution >= 0.6 is 0 Å². The molecule has 3 rings (SSSR count). The van der Waals surface area contributed by atoms with E-state index in [0.29, 0.717) is 26.1 Å². The lowest BCUT2D eigenvalue weighted by Crippen LogP contribution is -2.54. The Morgan fingerprint density at radius 2 is 1.92 bits per heavy atom. The summed E-state index contributed by atoms with van der Waals surface area (Å²) in [7, 11) is -3.09. The number of amides is 2. The van der Waals surface area contributed by atoms with Crippen molar-refractivity contribution < 1.29 is 17.9 Å². The molecule has 1 N–H and O–H groups in total. The number of carbonyl (C=O) groups excluding carboxylic acids is 1. The standard InChI is InChI=1S/C17H30N2O4S/c1-24(21,22)15-6-5-10-19(13-15)16(20)18-14-7-11-23-17(12-14)8-3-2-4-9-17/h14-15H,2-13H2,1H3,(H,18,20). The molecule has 2 saturated heterocycles. The van der Waals surface area contributed by atoms with Gasteiger partial charge in [0.1, 0.15) is 0 Å². The van der Waals surface area contributed by atoms with Gasteiger partial charge in [-0.05, 0) is 38.5 Å². The molecule has 0 bridgehead atoms. The largest absolute Gasteiger partial charge is 0.375 e. The Morgan fingerprint density at radius 1 is 1.17 bits per heavy atom. The van der Waals surface area contributed by atoms with Crippen molar-refractivity contribution in [1.82, 2.24) is 10.2 Å². The Kier molecular flexibility index (Phi) is 5.39. The number of ether oxygens (including phenoxy) is 1. The highest BCUT2D eigenvalue weighted by molar-refractivity contribution is 7.91. The van der Waals surface area contributed by atoms with Gasteiger partial charge >= 0.3 is 6.03 Å². The number of nitrogens with zero attached hydrogens (tertiary/aromatic N) is 1. The molecule has 2 aliphatic heterocycles. The van der Waals surface area contributed by atoms with Gasteiger partial charge in [0, 0.05) is 32.0 Å². The average molecular weight is 359 g/mol. The minimum absolute atomic E-state index is 0.0361. The van der Waals surface area contributed by atoms with Crippen molar-refractivity contribution in [2.75, 3.05) is 26.0 Å². The van der Waals surface area contributed by atoms with E-state index in [4.69, 9.17) is 4.74 Å². The van der Waals surface area contributed by atoms with Crippen molar-refractivity contribution in [1.29, 1.82) is 0 Å². The first-order chi connectivity index (χ1) is 11.4. The zero-order valence-electron chi connectivity index (χ0n) is 14.6. The van der Waals surface area contributed by atoms with Gasteiger partial charge in [-0.15, -0.1) is 0 Å². The van der Waals surface area contributed by atoms with Gasteiger partial charge < -0.3 is 15.0 Å². The molecular weight excluding hydrogens is 328 g/mol. The highest BCUT2D eigenvalue weighted by Gasteiger charge is 2.39. The highest BCUT2D eigenvalue weighted by atomic mass is 32.2. The van der Waals surface area contributed by atoms with Crippen LogP contribution in [0, 0.1) is 0 Å². The molecule has 3 aliphatic rings. The molecule has 2 amide bonds. The van der Waals surface area contributed by atoms with Crippen LogP contribution in [0.4, 0.5) is 4.79 Å². The predicted octanol–water partition coefficient (Wildman–Crippen LogP) is 2.09. The maximum absolute atomic E-state index is 12.6. The topological polar surface area (TPSA) is 75.7 Å². The van der Waals surface area contributed by atoms with E-state index >= 15 is 0 Å². The molecule has 0 radical (unpaired) electrons. The van der Waals surface area contributed by atoms with E-state index in [1.807, 2.05) is 0 Å². The molecule has 2 atom stereocenters.